The van der Waals surface area contributed by atoms with Crippen molar-refractivity contribution in [3.63, 3.8) is 0 Å². The summed E-state index contributed by atoms with van der Waals surface area (Å²) >= 11 is 0. The van der Waals surface area contributed by atoms with Crippen LogP contribution in [-0.2, 0) is 6.42 Å². The van der Waals surface area contributed by atoms with Gasteiger partial charge in [0, 0.05) is 29.5 Å². The molecule has 0 bridgehead atoms. The first-order valence-corrected chi connectivity index (χ1v) is 7.87. The van der Waals surface area contributed by atoms with Crippen molar-refractivity contribution in [3.8, 4) is 0 Å². The van der Waals surface area contributed by atoms with Crippen LogP contribution < -0.4 is 10.2 Å². The molecule has 3 unspecified atom stereocenters. The number of nitrogens with zero attached hydrogens (tertiary/aromatic N) is 1. The van der Waals surface area contributed by atoms with Crippen LogP contribution in [-0.4, -0.2) is 18.1 Å². The summed E-state index contributed by atoms with van der Waals surface area (Å²) in [7, 11) is 0. The maximum absolute atomic E-state index is 3.60. The van der Waals surface area contributed by atoms with E-state index in [4.69, 9.17) is 0 Å². The van der Waals surface area contributed by atoms with Gasteiger partial charge in [-0.3, -0.25) is 0 Å². The highest BCUT2D eigenvalue weighted by atomic mass is 15.2. The van der Waals surface area contributed by atoms with Gasteiger partial charge in [-0.25, -0.2) is 0 Å². The first-order chi connectivity index (χ1) is 9.19. The van der Waals surface area contributed by atoms with Gasteiger partial charge < -0.3 is 10.2 Å². The van der Waals surface area contributed by atoms with Crippen molar-refractivity contribution in [2.75, 3.05) is 10.2 Å². The molecule has 3 rings (SSSR count). The molecule has 0 amide bonds. The molecule has 19 heavy (non-hydrogen) atoms. The maximum Gasteiger partial charge on any atom is 0.0376 e. The third-order valence-corrected chi connectivity index (χ3v) is 4.89. The van der Waals surface area contributed by atoms with Crippen LogP contribution in [0.25, 0.3) is 0 Å². The topological polar surface area (TPSA) is 15.3 Å². The molecule has 0 saturated carbocycles. The van der Waals surface area contributed by atoms with Gasteiger partial charge in [0.05, 0.1) is 0 Å². The average molecular weight is 258 g/mol. The predicted octanol–water partition coefficient (Wildman–Crippen LogP) is 4.20. The Balaban J connectivity index is 1.89. The number of hydrogen-bond acceptors (Lipinski definition) is 2. The van der Waals surface area contributed by atoms with E-state index < -0.39 is 0 Å². The Kier molecular flexibility index (Phi) is 3.42. The lowest BCUT2D eigenvalue weighted by atomic mass is 9.98. The Labute approximate surface area is 117 Å². The Morgan fingerprint density at radius 2 is 2.05 bits per heavy atom. The summed E-state index contributed by atoms with van der Waals surface area (Å²) in [5.74, 6) is 0. The Morgan fingerprint density at radius 3 is 2.84 bits per heavy atom. The third-order valence-electron chi connectivity index (χ3n) is 4.89. The van der Waals surface area contributed by atoms with Gasteiger partial charge in [-0.15, -0.1) is 0 Å². The van der Waals surface area contributed by atoms with Crippen LogP contribution in [0, 0.1) is 0 Å². The summed E-state index contributed by atoms with van der Waals surface area (Å²) in [6.07, 6.45) is 6.42. The van der Waals surface area contributed by atoms with E-state index in [9.17, 15) is 0 Å². The highest BCUT2D eigenvalue weighted by Gasteiger charge is 2.29. The van der Waals surface area contributed by atoms with Crippen LogP contribution in [0.15, 0.2) is 18.2 Å². The van der Waals surface area contributed by atoms with Gasteiger partial charge in [0.2, 0.25) is 0 Å². The molecule has 2 heterocycles. The number of fused-ring (bicyclic) bond motifs is 1. The molecule has 2 heteroatoms. The van der Waals surface area contributed by atoms with Gasteiger partial charge in [-0.2, -0.15) is 0 Å². The zero-order chi connectivity index (χ0) is 13.4. The summed E-state index contributed by atoms with van der Waals surface area (Å²) in [5, 5.41) is 3.60. The average Bonchev–Trinajstić information content (AvgIpc) is 2.79. The fourth-order valence-electron chi connectivity index (χ4n) is 3.74. The zero-order valence-electron chi connectivity index (χ0n) is 12.4. The summed E-state index contributed by atoms with van der Waals surface area (Å²) in [5.41, 5.74) is 4.29. The summed E-state index contributed by atoms with van der Waals surface area (Å²) in [6.45, 7) is 6.96. The fraction of sp³-hybridized carbons (Fsp3) is 0.647. The van der Waals surface area contributed by atoms with Crippen LogP contribution in [0.4, 0.5) is 11.4 Å². The van der Waals surface area contributed by atoms with E-state index in [0.717, 1.165) is 6.04 Å². The lowest BCUT2D eigenvalue weighted by Gasteiger charge is -2.32. The molecule has 2 nitrogen and oxygen atoms in total. The normalized spacial score (nSPS) is 30.1. The molecule has 0 aromatic heterocycles. The van der Waals surface area contributed by atoms with Gasteiger partial charge in [0.1, 0.15) is 0 Å². The van der Waals surface area contributed by atoms with Gasteiger partial charge in [0.25, 0.3) is 0 Å². The number of aryl methyl sites for hydroxylation is 1. The SMILES string of the molecule is CCC1CCC(C)N1c1ccc2c(c1)CCC(C)N2. The smallest absolute Gasteiger partial charge is 0.0376 e. The zero-order valence-corrected chi connectivity index (χ0v) is 12.4. The lowest BCUT2D eigenvalue weighted by molar-refractivity contribution is 0.626. The second-order valence-corrected chi connectivity index (χ2v) is 6.32. The molecule has 1 aromatic rings. The van der Waals surface area contributed by atoms with Crippen LogP contribution in [0.5, 0.6) is 0 Å². The van der Waals surface area contributed by atoms with Crippen LogP contribution >= 0.6 is 0 Å². The molecule has 3 atom stereocenters. The molecule has 1 N–H and O–H groups in total. The van der Waals surface area contributed by atoms with Crippen molar-refractivity contribution in [1.29, 1.82) is 0 Å². The van der Waals surface area contributed by atoms with Crippen LogP contribution in [0.1, 0.15) is 52.0 Å². The van der Waals surface area contributed by atoms with Gasteiger partial charge in [0.15, 0.2) is 0 Å². The Bertz CT molecular complexity index is 455. The highest BCUT2D eigenvalue weighted by Crippen LogP contribution is 2.35. The van der Waals surface area contributed by atoms with Crippen LogP contribution in [0.3, 0.4) is 0 Å². The first kappa shape index (κ1) is 12.8. The molecular weight excluding hydrogens is 232 g/mol. The largest absolute Gasteiger partial charge is 0.382 e. The van der Waals surface area contributed by atoms with Crippen molar-refractivity contribution in [3.05, 3.63) is 23.8 Å². The lowest BCUT2D eigenvalue weighted by Crippen LogP contribution is -2.34. The number of benzene rings is 1. The minimum Gasteiger partial charge on any atom is -0.382 e. The van der Waals surface area contributed by atoms with Crippen molar-refractivity contribution in [2.45, 2.75) is 71.0 Å². The number of rotatable bonds is 2. The van der Waals surface area contributed by atoms with E-state index in [0.29, 0.717) is 12.1 Å². The van der Waals surface area contributed by atoms with Crippen molar-refractivity contribution in [2.24, 2.45) is 0 Å². The second kappa shape index (κ2) is 5.07. The van der Waals surface area contributed by atoms with Crippen molar-refractivity contribution < 1.29 is 0 Å². The molecule has 2 aliphatic heterocycles. The Morgan fingerprint density at radius 1 is 1.21 bits per heavy atom. The van der Waals surface area contributed by atoms with E-state index in [1.54, 1.807) is 0 Å². The van der Waals surface area contributed by atoms with E-state index in [1.807, 2.05) is 0 Å². The molecule has 0 spiro atoms. The van der Waals surface area contributed by atoms with Crippen LogP contribution in [0.2, 0.25) is 0 Å². The minimum absolute atomic E-state index is 0.618. The standard InChI is InChI=1S/C17H26N2/c1-4-15-8-6-13(3)19(15)16-9-10-17-14(11-16)7-5-12(2)18-17/h9-13,15,18H,4-8H2,1-3H3. The fourth-order valence-corrected chi connectivity index (χ4v) is 3.74. The second-order valence-electron chi connectivity index (χ2n) is 6.32. The summed E-state index contributed by atoms with van der Waals surface area (Å²) in [6, 6.07) is 9.08. The van der Waals surface area contributed by atoms with Crippen molar-refractivity contribution in [1.82, 2.24) is 0 Å². The molecule has 1 fully saturated rings. The maximum atomic E-state index is 3.60. The quantitative estimate of drug-likeness (QED) is 0.855. The van der Waals surface area contributed by atoms with E-state index in [-0.39, 0.29) is 0 Å². The minimum atomic E-state index is 0.618. The monoisotopic (exact) mass is 258 g/mol. The van der Waals surface area contributed by atoms with E-state index in [1.165, 1.54) is 49.0 Å². The molecule has 1 saturated heterocycles. The first-order valence-electron chi connectivity index (χ1n) is 7.87. The Hall–Kier alpha value is -1.18. The van der Waals surface area contributed by atoms with E-state index in [2.05, 4.69) is 49.2 Å². The van der Waals surface area contributed by atoms with E-state index >= 15 is 0 Å². The molecule has 104 valence electrons. The number of anilines is 2. The number of nitrogens with one attached hydrogen (secondary N) is 1. The predicted molar refractivity (Wildman–Crippen MR) is 83.1 cm³/mol. The highest BCUT2D eigenvalue weighted by molar-refractivity contribution is 5.63. The van der Waals surface area contributed by atoms with Gasteiger partial charge in [-0.05, 0) is 69.7 Å². The van der Waals surface area contributed by atoms with Crippen molar-refractivity contribution >= 4 is 11.4 Å². The molecule has 0 aliphatic carbocycles. The van der Waals surface area contributed by atoms with Gasteiger partial charge in [-0.1, -0.05) is 6.92 Å². The number of hydrogen-bond donors (Lipinski definition) is 1. The summed E-state index contributed by atoms with van der Waals surface area (Å²) < 4.78 is 0. The molecule has 0 radical (unpaired) electrons. The third kappa shape index (κ3) is 2.33. The molecule has 1 aromatic carbocycles. The molecular formula is C17H26N2. The van der Waals surface area contributed by atoms with Gasteiger partial charge >= 0.3 is 0 Å². The molecule has 2 aliphatic rings. The summed E-state index contributed by atoms with van der Waals surface area (Å²) in [4.78, 5) is 2.65.